The van der Waals surface area contributed by atoms with E-state index in [9.17, 15) is 20.2 Å². The molecule has 10 heavy (non-hydrogen) atoms. The zero-order valence-electron chi connectivity index (χ0n) is 4.05. The molecule has 7 nitrogen and oxygen atoms in total. The van der Waals surface area contributed by atoms with Crippen LogP contribution in [0.15, 0.2) is 0 Å². The number of nitrogens with zero attached hydrogens (tertiary/aromatic N) is 3. The molecule has 0 rings (SSSR count). The van der Waals surface area contributed by atoms with Crippen LogP contribution in [-0.2, 0) is 0 Å². The maximum atomic E-state index is 9.51. The Morgan fingerprint density at radius 2 is 1.60 bits per heavy atom. The summed E-state index contributed by atoms with van der Waals surface area (Å²) >= 11 is 0. The fourth-order valence-corrected chi connectivity index (χ4v) is 0.171. The number of nitro groups is 2. The number of nitriles is 1. The second kappa shape index (κ2) is 5.10. The molecular weight excluding hydrogens is 153 g/mol. The molecule has 0 fully saturated rings. The zero-order valence-corrected chi connectivity index (χ0v) is 4.05. The summed E-state index contributed by atoms with van der Waals surface area (Å²) in [5, 5.41) is 26.8. The first-order chi connectivity index (χ1) is 4.09. The van der Waals surface area contributed by atoms with Gasteiger partial charge < -0.3 is 0 Å². The van der Waals surface area contributed by atoms with Gasteiger partial charge in [0.2, 0.25) is 6.07 Å². The second-order valence-electron chi connectivity index (χ2n) is 1.07. The molecule has 0 atom stereocenters. The Hall–Kier alpha value is -0.710. The predicted octanol–water partition coefficient (Wildman–Crippen LogP) is -1.26. The van der Waals surface area contributed by atoms with Crippen LogP contribution in [0.4, 0.5) is 0 Å². The monoisotopic (exact) mass is 155 g/mol. The van der Waals surface area contributed by atoms with Gasteiger partial charge in [0.25, 0.3) is 0 Å². The zero-order chi connectivity index (χ0) is 7.44. The molecule has 0 bridgehead atoms. The van der Waals surface area contributed by atoms with Gasteiger partial charge in [0.15, 0.2) is 0 Å². The van der Waals surface area contributed by atoms with Crippen molar-refractivity contribution in [1.29, 1.82) is 5.26 Å². The summed E-state index contributed by atoms with van der Waals surface area (Å²) in [6.07, 6.45) is -2.33. The van der Waals surface area contributed by atoms with Gasteiger partial charge in [-0.25, -0.2) is 0 Å². The first-order valence-electron chi connectivity index (χ1n) is 1.76. The van der Waals surface area contributed by atoms with E-state index in [2.05, 4.69) is 0 Å². The van der Waals surface area contributed by atoms with Crippen LogP contribution >= 0.6 is 0 Å². The Bertz CT molecular complexity index is 171. The first-order valence-corrected chi connectivity index (χ1v) is 1.76. The van der Waals surface area contributed by atoms with E-state index in [0.717, 1.165) is 6.07 Å². The third-order valence-corrected chi connectivity index (χ3v) is 0.515. The molecule has 0 heterocycles. The SMILES string of the molecule is N#CC([N+](=O)[O-])[N+](=O)[O-].[NaH]. The number of rotatable bonds is 2. The average molecular weight is 155 g/mol. The van der Waals surface area contributed by atoms with Crippen LogP contribution in [0.5, 0.6) is 0 Å². The van der Waals surface area contributed by atoms with E-state index in [1.807, 2.05) is 0 Å². The minimum absolute atomic E-state index is 0. The average Bonchev–Trinajstić information content (AvgIpc) is 1.64. The predicted molar refractivity (Wildman–Crippen MR) is 30.5 cm³/mol. The summed E-state index contributed by atoms with van der Waals surface area (Å²) in [4.78, 5) is 16.5. The third kappa shape index (κ3) is 3.34. The molecule has 0 aromatic carbocycles. The fraction of sp³-hybridized carbons (Fsp3) is 0.500. The Morgan fingerprint density at radius 1 is 1.30 bits per heavy atom. The molecular formula is C2H2N3NaO4. The standard InChI is InChI=1S/C2HN3O4.Na.H/c3-1-2(4(6)7)5(8)9;;/h2H;;. The molecule has 0 aliphatic carbocycles. The van der Waals surface area contributed by atoms with Crippen molar-refractivity contribution < 1.29 is 9.85 Å². The van der Waals surface area contributed by atoms with Crippen molar-refractivity contribution in [2.45, 2.75) is 6.17 Å². The normalized spacial score (nSPS) is 7.60. The van der Waals surface area contributed by atoms with Crippen molar-refractivity contribution in [2.75, 3.05) is 0 Å². The molecule has 0 amide bonds. The van der Waals surface area contributed by atoms with Gasteiger partial charge in [-0.05, 0) is 0 Å². The van der Waals surface area contributed by atoms with Crippen LogP contribution in [0.2, 0.25) is 0 Å². The van der Waals surface area contributed by atoms with Crippen LogP contribution < -0.4 is 0 Å². The van der Waals surface area contributed by atoms with Crippen LogP contribution in [-0.4, -0.2) is 45.6 Å². The Morgan fingerprint density at radius 3 is 1.60 bits per heavy atom. The van der Waals surface area contributed by atoms with Crippen LogP contribution in [0.3, 0.4) is 0 Å². The van der Waals surface area contributed by atoms with Gasteiger partial charge in [-0.2, -0.15) is 5.26 Å². The van der Waals surface area contributed by atoms with Crippen LogP contribution in [0.25, 0.3) is 0 Å². The van der Waals surface area contributed by atoms with E-state index in [-0.39, 0.29) is 29.6 Å². The van der Waals surface area contributed by atoms with Gasteiger partial charge in [-0.15, -0.1) is 0 Å². The van der Waals surface area contributed by atoms with Crippen LogP contribution in [0.1, 0.15) is 0 Å². The molecule has 0 aliphatic heterocycles. The molecule has 0 radical (unpaired) electrons. The Kier molecular flexibility index (Phi) is 6.13. The summed E-state index contributed by atoms with van der Waals surface area (Å²) < 4.78 is 0. The molecule has 0 aliphatic rings. The van der Waals surface area contributed by atoms with Gasteiger partial charge in [-0.3, -0.25) is 20.2 Å². The van der Waals surface area contributed by atoms with Crippen molar-refractivity contribution in [1.82, 2.24) is 0 Å². The molecule has 0 aromatic heterocycles. The van der Waals surface area contributed by atoms with Crippen LogP contribution in [0, 0.1) is 31.6 Å². The number of hydrogen-bond acceptors (Lipinski definition) is 5. The molecule has 0 saturated heterocycles. The Balaban J connectivity index is 0. The summed E-state index contributed by atoms with van der Waals surface area (Å²) in [7, 11) is 0. The molecule has 50 valence electrons. The molecule has 8 heteroatoms. The second-order valence-corrected chi connectivity index (χ2v) is 1.07. The quantitative estimate of drug-likeness (QED) is 0.214. The van der Waals surface area contributed by atoms with Crippen molar-refractivity contribution >= 4 is 29.6 Å². The van der Waals surface area contributed by atoms with Gasteiger partial charge in [-0.1, -0.05) is 0 Å². The molecule has 0 N–H and O–H groups in total. The van der Waals surface area contributed by atoms with Crippen molar-refractivity contribution in [2.24, 2.45) is 0 Å². The van der Waals surface area contributed by atoms with Crippen molar-refractivity contribution in [3.63, 3.8) is 0 Å². The third-order valence-electron chi connectivity index (χ3n) is 0.515. The van der Waals surface area contributed by atoms with Crippen molar-refractivity contribution in [3.05, 3.63) is 20.2 Å². The van der Waals surface area contributed by atoms with Gasteiger partial charge >= 0.3 is 35.7 Å². The topological polar surface area (TPSA) is 110 Å². The molecule has 0 saturated carbocycles. The maximum absolute atomic E-state index is 9.51. The minimum atomic E-state index is -2.33. The molecule has 0 spiro atoms. The molecule has 0 unspecified atom stereocenters. The van der Waals surface area contributed by atoms with E-state index in [0.29, 0.717) is 0 Å². The first kappa shape index (κ1) is 12.0. The summed E-state index contributed by atoms with van der Waals surface area (Å²) in [6.45, 7) is 0. The van der Waals surface area contributed by atoms with E-state index in [1.54, 1.807) is 0 Å². The Labute approximate surface area is 77.2 Å². The van der Waals surface area contributed by atoms with E-state index >= 15 is 0 Å². The molecule has 0 aromatic rings. The van der Waals surface area contributed by atoms with E-state index < -0.39 is 16.0 Å². The van der Waals surface area contributed by atoms with Gasteiger partial charge in [0.05, 0.1) is 0 Å². The van der Waals surface area contributed by atoms with E-state index in [1.165, 1.54) is 0 Å². The number of hydrogen-bond donors (Lipinski definition) is 0. The van der Waals surface area contributed by atoms with Crippen molar-refractivity contribution in [3.8, 4) is 6.07 Å². The van der Waals surface area contributed by atoms with Gasteiger partial charge in [0, 0.05) is 0 Å². The summed E-state index contributed by atoms with van der Waals surface area (Å²) in [5.41, 5.74) is 0. The summed E-state index contributed by atoms with van der Waals surface area (Å²) in [6, 6.07) is 0.903. The van der Waals surface area contributed by atoms with Gasteiger partial charge in [0.1, 0.15) is 9.85 Å². The summed E-state index contributed by atoms with van der Waals surface area (Å²) in [5.74, 6) is 0. The van der Waals surface area contributed by atoms with E-state index in [4.69, 9.17) is 5.26 Å². The fourth-order valence-electron chi connectivity index (χ4n) is 0.171.